The summed E-state index contributed by atoms with van der Waals surface area (Å²) in [5, 5.41) is 8.23. The topological polar surface area (TPSA) is 115 Å². The van der Waals surface area contributed by atoms with Crippen LogP contribution >= 0.6 is 0 Å². The van der Waals surface area contributed by atoms with Gasteiger partial charge in [0.1, 0.15) is 13.2 Å². The SMILES string of the molecule is COC(=O)NC1CC(C)(C)CC(C)(CNC(=O)OCCNC(=O)OCc2ccccc2)C1. The van der Waals surface area contributed by atoms with Gasteiger partial charge in [-0.15, -0.1) is 0 Å². The molecule has 32 heavy (non-hydrogen) atoms. The highest BCUT2D eigenvalue weighted by molar-refractivity contribution is 5.68. The van der Waals surface area contributed by atoms with Gasteiger partial charge < -0.3 is 30.2 Å². The van der Waals surface area contributed by atoms with Crippen molar-refractivity contribution in [2.75, 3.05) is 26.8 Å². The summed E-state index contributed by atoms with van der Waals surface area (Å²) in [5.74, 6) is 0. The monoisotopic (exact) mass is 449 g/mol. The third-order valence-electron chi connectivity index (χ3n) is 5.43. The van der Waals surface area contributed by atoms with Gasteiger partial charge in [-0.2, -0.15) is 0 Å². The molecule has 1 aromatic carbocycles. The molecule has 9 heteroatoms. The molecule has 3 amide bonds. The van der Waals surface area contributed by atoms with Gasteiger partial charge in [0.2, 0.25) is 0 Å². The molecule has 1 aliphatic carbocycles. The quantitative estimate of drug-likeness (QED) is 0.413. The lowest BCUT2D eigenvalue weighted by molar-refractivity contribution is 0.0647. The van der Waals surface area contributed by atoms with Crippen molar-refractivity contribution in [3.63, 3.8) is 0 Å². The standard InChI is InChI=1S/C23H35N3O6/c1-22(2)12-18(26-21(29)30-4)13-23(3,15-22)16-25-20(28)31-11-10-24-19(27)32-14-17-8-6-5-7-9-17/h5-9,18H,10-16H2,1-4H3,(H,24,27)(H,25,28)(H,26,29). The number of carbonyl (C=O) groups is 3. The van der Waals surface area contributed by atoms with E-state index in [2.05, 4.69) is 36.7 Å². The number of rotatable bonds is 8. The number of benzene rings is 1. The van der Waals surface area contributed by atoms with Crippen LogP contribution in [0.2, 0.25) is 0 Å². The van der Waals surface area contributed by atoms with Gasteiger partial charge in [0.05, 0.1) is 13.7 Å². The van der Waals surface area contributed by atoms with Gasteiger partial charge in [0.15, 0.2) is 0 Å². The van der Waals surface area contributed by atoms with Crippen molar-refractivity contribution in [2.45, 2.75) is 52.7 Å². The molecular formula is C23H35N3O6. The molecule has 1 saturated carbocycles. The van der Waals surface area contributed by atoms with E-state index in [4.69, 9.17) is 14.2 Å². The molecule has 0 heterocycles. The molecule has 2 atom stereocenters. The molecule has 9 nitrogen and oxygen atoms in total. The first-order valence-corrected chi connectivity index (χ1v) is 10.8. The van der Waals surface area contributed by atoms with Crippen molar-refractivity contribution in [2.24, 2.45) is 10.8 Å². The Bertz CT molecular complexity index is 770. The van der Waals surface area contributed by atoms with Gasteiger partial charge in [-0.1, -0.05) is 51.1 Å². The number of alkyl carbamates (subject to hydrolysis) is 3. The van der Waals surface area contributed by atoms with Crippen molar-refractivity contribution in [1.82, 2.24) is 16.0 Å². The van der Waals surface area contributed by atoms with Crippen LogP contribution in [0.3, 0.4) is 0 Å². The molecule has 0 aliphatic heterocycles. The highest BCUT2D eigenvalue weighted by Crippen LogP contribution is 2.45. The molecule has 0 bridgehead atoms. The fraction of sp³-hybridized carbons (Fsp3) is 0.609. The Hall–Kier alpha value is -2.97. The Morgan fingerprint density at radius 1 is 0.969 bits per heavy atom. The van der Waals surface area contributed by atoms with Gasteiger partial charge >= 0.3 is 18.3 Å². The second kappa shape index (κ2) is 11.6. The molecule has 1 aromatic rings. The number of ether oxygens (including phenoxy) is 3. The summed E-state index contributed by atoms with van der Waals surface area (Å²) in [6.45, 7) is 7.16. The maximum absolute atomic E-state index is 12.1. The predicted molar refractivity (Wildman–Crippen MR) is 119 cm³/mol. The molecular weight excluding hydrogens is 414 g/mol. The summed E-state index contributed by atoms with van der Waals surface area (Å²) in [6.07, 6.45) is 0.895. The second-order valence-electron chi connectivity index (χ2n) is 9.37. The van der Waals surface area contributed by atoms with Crippen molar-refractivity contribution >= 4 is 18.3 Å². The van der Waals surface area contributed by atoms with E-state index in [0.717, 1.165) is 24.8 Å². The van der Waals surface area contributed by atoms with Crippen molar-refractivity contribution in [3.8, 4) is 0 Å². The van der Waals surface area contributed by atoms with E-state index in [1.165, 1.54) is 7.11 Å². The summed E-state index contributed by atoms with van der Waals surface area (Å²) >= 11 is 0. The van der Waals surface area contributed by atoms with Crippen LogP contribution in [0.1, 0.15) is 45.6 Å². The van der Waals surface area contributed by atoms with Gasteiger partial charge in [0.25, 0.3) is 0 Å². The lowest BCUT2D eigenvalue weighted by Crippen LogP contribution is -2.50. The highest BCUT2D eigenvalue weighted by Gasteiger charge is 2.42. The van der Waals surface area contributed by atoms with Crippen molar-refractivity contribution < 1.29 is 28.6 Å². The number of hydrogen-bond donors (Lipinski definition) is 3. The Morgan fingerprint density at radius 3 is 2.34 bits per heavy atom. The number of nitrogens with one attached hydrogen (secondary N) is 3. The predicted octanol–water partition coefficient (Wildman–Crippen LogP) is 3.58. The Kier molecular flexibility index (Phi) is 9.16. The first-order chi connectivity index (χ1) is 15.1. The maximum atomic E-state index is 12.1. The normalized spacial score (nSPS) is 21.7. The van der Waals surface area contributed by atoms with Crippen LogP contribution in [0, 0.1) is 10.8 Å². The van der Waals surface area contributed by atoms with E-state index in [9.17, 15) is 14.4 Å². The minimum Gasteiger partial charge on any atom is -0.453 e. The van der Waals surface area contributed by atoms with Crippen molar-refractivity contribution in [1.29, 1.82) is 0 Å². The lowest BCUT2D eigenvalue weighted by Gasteiger charge is -2.46. The van der Waals surface area contributed by atoms with E-state index in [0.29, 0.717) is 6.54 Å². The summed E-state index contributed by atoms with van der Waals surface area (Å²) in [7, 11) is 1.35. The molecule has 0 spiro atoms. The number of methoxy groups -OCH3 is 1. The third kappa shape index (κ3) is 9.03. The van der Waals surface area contributed by atoms with E-state index >= 15 is 0 Å². The second-order valence-corrected chi connectivity index (χ2v) is 9.37. The Balaban J connectivity index is 1.66. The molecule has 0 aromatic heterocycles. The summed E-state index contributed by atoms with van der Waals surface area (Å²) in [5.41, 5.74) is 0.696. The minimum absolute atomic E-state index is 0.00824. The van der Waals surface area contributed by atoms with Gasteiger partial charge in [-0.05, 0) is 35.7 Å². The van der Waals surface area contributed by atoms with Crippen LogP contribution < -0.4 is 16.0 Å². The molecule has 3 N–H and O–H groups in total. The number of hydrogen-bond acceptors (Lipinski definition) is 6. The van der Waals surface area contributed by atoms with Crippen LogP contribution in [0.25, 0.3) is 0 Å². The van der Waals surface area contributed by atoms with E-state index in [1.54, 1.807) is 0 Å². The minimum atomic E-state index is -0.570. The molecule has 0 saturated heterocycles. The van der Waals surface area contributed by atoms with Crippen LogP contribution in [0.5, 0.6) is 0 Å². The van der Waals surface area contributed by atoms with Crippen LogP contribution in [0.4, 0.5) is 14.4 Å². The average molecular weight is 450 g/mol. The highest BCUT2D eigenvalue weighted by atomic mass is 16.6. The zero-order chi connectivity index (χ0) is 23.6. The molecule has 1 fully saturated rings. The summed E-state index contributed by atoms with van der Waals surface area (Å²) < 4.78 is 15.0. The average Bonchev–Trinajstić information content (AvgIpc) is 2.73. The lowest BCUT2D eigenvalue weighted by atomic mass is 9.62. The molecule has 2 unspecified atom stereocenters. The Morgan fingerprint density at radius 2 is 1.66 bits per heavy atom. The van der Waals surface area contributed by atoms with Crippen LogP contribution in [0.15, 0.2) is 30.3 Å². The first kappa shape index (κ1) is 25.3. The van der Waals surface area contributed by atoms with E-state index in [-0.39, 0.29) is 36.6 Å². The van der Waals surface area contributed by atoms with Gasteiger partial charge in [-0.25, -0.2) is 14.4 Å². The van der Waals surface area contributed by atoms with Crippen molar-refractivity contribution in [3.05, 3.63) is 35.9 Å². The smallest absolute Gasteiger partial charge is 0.407 e. The molecule has 1 aliphatic rings. The zero-order valence-corrected chi connectivity index (χ0v) is 19.4. The first-order valence-electron chi connectivity index (χ1n) is 10.8. The summed E-state index contributed by atoms with van der Waals surface area (Å²) in [6, 6.07) is 9.32. The fourth-order valence-corrected chi connectivity index (χ4v) is 4.50. The third-order valence-corrected chi connectivity index (χ3v) is 5.43. The maximum Gasteiger partial charge on any atom is 0.407 e. The van der Waals surface area contributed by atoms with E-state index in [1.807, 2.05) is 30.3 Å². The van der Waals surface area contributed by atoms with Gasteiger partial charge in [-0.3, -0.25) is 0 Å². The van der Waals surface area contributed by atoms with Crippen LogP contribution in [-0.4, -0.2) is 51.1 Å². The molecule has 2 rings (SSSR count). The molecule has 178 valence electrons. The fourth-order valence-electron chi connectivity index (χ4n) is 4.50. The van der Waals surface area contributed by atoms with Gasteiger partial charge in [0, 0.05) is 12.6 Å². The molecule has 0 radical (unpaired) electrons. The summed E-state index contributed by atoms with van der Waals surface area (Å²) in [4.78, 5) is 35.4. The number of carbonyl (C=O) groups excluding carboxylic acids is 3. The van der Waals surface area contributed by atoms with Crippen LogP contribution in [-0.2, 0) is 20.8 Å². The number of amides is 3. The Labute approximate surface area is 189 Å². The largest absolute Gasteiger partial charge is 0.453 e. The van der Waals surface area contributed by atoms with E-state index < -0.39 is 18.3 Å². The zero-order valence-electron chi connectivity index (χ0n) is 19.4.